The third-order valence-corrected chi connectivity index (χ3v) is 1.40. The van der Waals surface area contributed by atoms with Gasteiger partial charge in [0, 0.05) is 12.4 Å². The van der Waals surface area contributed by atoms with Gasteiger partial charge >= 0.3 is 0 Å². The summed E-state index contributed by atoms with van der Waals surface area (Å²) in [4.78, 5) is 7.33. The molecule has 1 aromatic rings. The Morgan fingerprint density at radius 1 is 1.33 bits per heavy atom. The van der Waals surface area contributed by atoms with Crippen LogP contribution in [-0.2, 0) is 10.0 Å². The highest BCUT2D eigenvalue weighted by Gasteiger charge is 2.01. The molecule has 0 saturated heterocycles. The molecule has 68 valence electrons. The molecule has 0 aliphatic carbocycles. The maximum atomic E-state index is 10.6. The van der Waals surface area contributed by atoms with E-state index in [1.807, 2.05) is 0 Å². The van der Waals surface area contributed by atoms with Crippen molar-refractivity contribution >= 4 is 16.0 Å². The smallest absolute Gasteiger partial charge is 0.236 e. The largest absolute Gasteiger partial charge is 0.251 e. The highest BCUT2D eigenvalue weighted by molar-refractivity contribution is 7.91. The number of rotatable bonds is 2. The van der Waals surface area contributed by atoms with Crippen molar-refractivity contribution in [3.63, 3.8) is 0 Å². The molecular formula is C6H11N3O2S. The van der Waals surface area contributed by atoms with Crippen LogP contribution in [0.2, 0.25) is 0 Å². The SMILES string of the molecule is C.CS(=O)(=O)Nc1ncccn1. The molecule has 0 unspecified atom stereocenters. The molecule has 0 aliphatic rings. The second kappa shape index (κ2) is 4.01. The summed E-state index contributed by atoms with van der Waals surface area (Å²) < 4.78 is 23.4. The van der Waals surface area contributed by atoms with Crippen LogP contribution in [0.25, 0.3) is 0 Å². The average molecular weight is 189 g/mol. The second-order valence-corrected chi connectivity index (χ2v) is 3.70. The summed E-state index contributed by atoms with van der Waals surface area (Å²) in [6.45, 7) is 0. The van der Waals surface area contributed by atoms with Gasteiger partial charge in [0.2, 0.25) is 16.0 Å². The van der Waals surface area contributed by atoms with Gasteiger partial charge in [0.1, 0.15) is 0 Å². The zero-order chi connectivity index (χ0) is 8.32. The maximum Gasteiger partial charge on any atom is 0.236 e. The molecule has 12 heavy (non-hydrogen) atoms. The Morgan fingerprint density at radius 2 is 1.83 bits per heavy atom. The van der Waals surface area contributed by atoms with Gasteiger partial charge in [-0.2, -0.15) is 0 Å². The summed E-state index contributed by atoms with van der Waals surface area (Å²) in [7, 11) is -3.25. The molecule has 0 aromatic carbocycles. The van der Waals surface area contributed by atoms with Crippen molar-refractivity contribution in [3.05, 3.63) is 18.5 Å². The Bertz CT molecular complexity index is 322. The van der Waals surface area contributed by atoms with Crippen LogP contribution >= 0.6 is 0 Å². The molecule has 5 nitrogen and oxygen atoms in total. The fourth-order valence-corrected chi connectivity index (χ4v) is 0.955. The number of aromatic nitrogens is 2. The molecule has 0 saturated carbocycles. The normalized spacial score (nSPS) is 10.1. The lowest BCUT2D eigenvalue weighted by molar-refractivity contribution is 0.606. The molecule has 1 heterocycles. The topological polar surface area (TPSA) is 72.0 Å². The zero-order valence-electron chi connectivity index (χ0n) is 5.85. The average Bonchev–Trinajstić information content (AvgIpc) is 1.85. The highest BCUT2D eigenvalue weighted by atomic mass is 32.2. The van der Waals surface area contributed by atoms with Gasteiger partial charge in [-0.3, -0.25) is 4.72 Å². The van der Waals surface area contributed by atoms with Crippen molar-refractivity contribution in [2.45, 2.75) is 7.43 Å². The lowest BCUT2D eigenvalue weighted by Gasteiger charge is -1.98. The molecule has 0 spiro atoms. The number of hydrogen-bond donors (Lipinski definition) is 1. The van der Waals surface area contributed by atoms with Crippen molar-refractivity contribution in [2.24, 2.45) is 0 Å². The van der Waals surface area contributed by atoms with E-state index < -0.39 is 10.0 Å². The standard InChI is InChI=1S/C5H7N3O2S.CH4/c1-11(9,10)8-5-6-3-2-4-7-5;/h2-4H,1H3,(H,6,7,8);1H4. The van der Waals surface area contributed by atoms with E-state index in [0.29, 0.717) is 0 Å². The van der Waals surface area contributed by atoms with Crippen LogP contribution in [0.3, 0.4) is 0 Å². The van der Waals surface area contributed by atoms with Crippen molar-refractivity contribution in [1.82, 2.24) is 9.97 Å². The maximum absolute atomic E-state index is 10.6. The van der Waals surface area contributed by atoms with Crippen molar-refractivity contribution in [1.29, 1.82) is 0 Å². The molecule has 0 radical (unpaired) electrons. The van der Waals surface area contributed by atoms with E-state index in [2.05, 4.69) is 14.7 Å². The van der Waals surface area contributed by atoms with Gasteiger partial charge in [-0.1, -0.05) is 7.43 Å². The lowest BCUT2D eigenvalue weighted by Crippen LogP contribution is -2.11. The van der Waals surface area contributed by atoms with Crippen molar-refractivity contribution < 1.29 is 8.42 Å². The molecule has 0 bridgehead atoms. The van der Waals surface area contributed by atoms with Crippen LogP contribution < -0.4 is 4.72 Å². The Hall–Kier alpha value is -1.17. The summed E-state index contributed by atoms with van der Waals surface area (Å²) in [5.74, 6) is 0.0926. The summed E-state index contributed by atoms with van der Waals surface area (Å²) in [6, 6.07) is 1.60. The van der Waals surface area contributed by atoms with Crippen LogP contribution in [-0.4, -0.2) is 24.6 Å². The minimum atomic E-state index is -3.25. The van der Waals surface area contributed by atoms with E-state index in [0.717, 1.165) is 6.26 Å². The first kappa shape index (κ1) is 10.8. The Kier molecular flexibility index (Phi) is 3.62. The summed E-state index contributed by atoms with van der Waals surface area (Å²) >= 11 is 0. The highest BCUT2D eigenvalue weighted by Crippen LogP contribution is 1.95. The Morgan fingerprint density at radius 3 is 2.25 bits per heavy atom. The first-order valence-corrected chi connectivity index (χ1v) is 4.72. The van der Waals surface area contributed by atoms with E-state index in [1.54, 1.807) is 6.07 Å². The second-order valence-electron chi connectivity index (χ2n) is 1.95. The van der Waals surface area contributed by atoms with E-state index in [1.165, 1.54) is 12.4 Å². The number of nitrogens with one attached hydrogen (secondary N) is 1. The molecule has 0 aliphatic heterocycles. The quantitative estimate of drug-likeness (QED) is 0.734. The van der Waals surface area contributed by atoms with E-state index >= 15 is 0 Å². The predicted octanol–water partition coefficient (Wildman–Crippen LogP) is 0.484. The zero-order valence-corrected chi connectivity index (χ0v) is 6.67. The number of sulfonamides is 1. The van der Waals surface area contributed by atoms with Crippen LogP contribution in [0, 0.1) is 0 Å². The Balaban J connectivity index is 0.00000121. The predicted molar refractivity (Wildman–Crippen MR) is 47.2 cm³/mol. The number of anilines is 1. The summed E-state index contributed by atoms with van der Waals surface area (Å²) in [5, 5.41) is 0. The van der Waals surface area contributed by atoms with Gasteiger partial charge in [0.25, 0.3) is 0 Å². The van der Waals surface area contributed by atoms with Crippen LogP contribution in [0.1, 0.15) is 7.43 Å². The monoisotopic (exact) mass is 189 g/mol. The molecule has 0 fully saturated rings. The first-order chi connectivity index (χ1) is 5.08. The van der Waals surface area contributed by atoms with Gasteiger partial charge in [0.15, 0.2) is 0 Å². The van der Waals surface area contributed by atoms with Crippen molar-refractivity contribution in [2.75, 3.05) is 11.0 Å². The third-order valence-electron chi connectivity index (χ3n) is 0.842. The van der Waals surface area contributed by atoms with E-state index in [-0.39, 0.29) is 13.4 Å². The van der Waals surface area contributed by atoms with Crippen molar-refractivity contribution in [3.8, 4) is 0 Å². The van der Waals surface area contributed by atoms with Gasteiger partial charge < -0.3 is 0 Å². The third kappa shape index (κ3) is 3.87. The molecule has 0 amide bonds. The molecule has 0 atom stereocenters. The molecule has 6 heteroatoms. The lowest BCUT2D eigenvalue weighted by atomic mass is 10.7. The number of hydrogen-bond acceptors (Lipinski definition) is 4. The van der Waals surface area contributed by atoms with Gasteiger partial charge in [0.05, 0.1) is 6.26 Å². The fraction of sp³-hybridized carbons (Fsp3) is 0.333. The van der Waals surface area contributed by atoms with Crippen LogP contribution in [0.15, 0.2) is 18.5 Å². The molecule has 1 rings (SSSR count). The minimum absolute atomic E-state index is 0. The molecule has 1 N–H and O–H groups in total. The molecule has 1 aromatic heterocycles. The van der Waals surface area contributed by atoms with Gasteiger partial charge in [-0.05, 0) is 6.07 Å². The summed E-state index contributed by atoms with van der Waals surface area (Å²) in [6.07, 6.45) is 3.96. The van der Waals surface area contributed by atoms with Crippen LogP contribution in [0.5, 0.6) is 0 Å². The van der Waals surface area contributed by atoms with Crippen LogP contribution in [0.4, 0.5) is 5.95 Å². The van der Waals surface area contributed by atoms with E-state index in [4.69, 9.17) is 0 Å². The number of nitrogens with zero attached hydrogens (tertiary/aromatic N) is 2. The van der Waals surface area contributed by atoms with Gasteiger partial charge in [-0.15, -0.1) is 0 Å². The fourth-order valence-electron chi connectivity index (χ4n) is 0.518. The Labute approximate surface area is 71.9 Å². The summed E-state index contributed by atoms with van der Waals surface area (Å²) in [5.41, 5.74) is 0. The first-order valence-electron chi connectivity index (χ1n) is 2.83. The van der Waals surface area contributed by atoms with E-state index in [9.17, 15) is 8.42 Å². The minimum Gasteiger partial charge on any atom is -0.251 e. The molecular weight excluding hydrogens is 178 g/mol. The van der Waals surface area contributed by atoms with Gasteiger partial charge in [-0.25, -0.2) is 18.4 Å².